The summed E-state index contributed by atoms with van der Waals surface area (Å²) in [5.41, 5.74) is 0. The van der Waals surface area contributed by atoms with Crippen LogP contribution in [0.25, 0.3) is 10.1 Å². The third-order valence-electron chi connectivity index (χ3n) is 1.08. The van der Waals surface area contributed by atoms with Gasteiger partial charge in [-0.1, -0.05) is 15.9 Å². The zero-order valence-electron chi connectivity index (χ0n) is 9.79. The van der Waals surface area contributed by atoms with Gasteiger partial charge >= 0.3 is 0 Å². The van der Waals surface area contributed by atoms with Crippen molar-refractivity contribution in [2.24, 2.45) is 0 Å². The number of benzene rings is 1. The van der Waals surface area contributed by atoms with Gasteiger partial charge in [-0.25, -0.2) is 0 Å². The first kappa shape index (κ1) is 2.95. The summed E-state index contributed by atoms with van der Waals surface area (Å²) in [6.07, 6.45) is 0. The van der Waals surface area contributed by atoms with Gasteiger partial charge in [-0.15, -0.1) is 11.3 Å². The molecule has 2 heteroatoms. The van der Waals surface area contributed by atoms with Gasteiger partial charge in [-0.2, -0.15) is 0 Å². The average molecular weight is 218 g/mol. The largest absolute Gasteiger partial charge is 0.144 e. The summed E-state index contributed by atoms with van der Waals surface area (Å²) < 4.78 is 38.7. The number of halogens is 1. The lowest BCUT2D eigenvalue weighted by Gasteiger charge is -1.88. The van der Waals surface area contributed by atoms with Gasteiger partial charge in [0.05, 0.1) is 6.85 Å². The molecule has 0 amide bonds. The van der Waals surface area contributed by atoms with Crippen LogP contribution < -0.4 is 0 Å². The zero-order valence-corrected chi connectivity index (χ0v) is 7.19. The fraction of sp³-hybridized carbons (Fsp3) is 0. The van der Waals surface area contributed by atoms with E-state index in [0.29, 0.717) is 4.70 Å². The third-order valence-corrected chi connectivity index (χ3v) is 2.19. The van der Waals surface area contributed by atoms with E-state index in [-0.39, 0.29) is 39.4 Å². The highest BCUT2D eigenvalue weighted by molar-refractivity contribution is 9.10. The van der Waals surface area contributed by atoms with Crippen molar-refractivity contribution >= 4 is 37.4 Å². The molecule has 0 bridgehead atoms. The van der Waals surface area contributed by atoms with Crippen LogP contribution in [-0.4, -0.2) is 0 Å². The van der Waals surface area contributed by atoms with Gasteiger partial charge in [-0.3, -0.25) is 0 Å². The average Bonchev–Trinajstić information content (AvgIpc) is 2.50. The summed E-state index contributed by atoms with van der Waals surface area (Å²) in [6, 6.07) is -0.0985. The van der Waals surface area contributed by atoms with Gasteiger partial charge < -0.3 is 0 Å². The molecule has 0 saturated heterocycles. The van der Waals surface area contributed by atoms with Gasteiger partial charge in [0, 0.05) is 9.17 Å². The predicted molar refractivity (Wildman–Crippen MR) is 49.5 cm³/mol. The maximum atomic E-state index is 7.73. The van der Waals surface area contributed by atoms with Crippen molar-refractivity contribution in [3.63, 3.8) is 0 Å². The van der Waals surface area contributed by atoms with Gasteiger partial charge in [0.2, 0.25) is 0 Å². The number of fused-ring (bicyclic) bond motifs is 1. The number of hydrogen-bond donors (Lipinski definition) is 0. The predicted octanol–water partition coefficient (Wildman–Crippen LogP) is 3.66. The Morgan fingerprint density at radius 2 is 2.30 bits per heavy atom. The Balaban J connectivity index is 3.07. The Hall–Kier alpha value is -0.340. The first-order chi connectivity index (χ1) is 6.95. The molecule has 0 spiro atoms. The van der Waals surface area contributed by atoms with Crippen molar-refractivity contribution in [2.75, 3.05) is 0 Å². The van der Waals surface area contributed by atoms with Crippen LogP contribution in [0.4, 0.5) is 0 Å². The molecule has 0 aliphatic carbocycles. The van der Waals surface area contributed by atoms with Gasteiger partial charge in [0.15, 0.2) is 0 Å². The molecule has 0 unspecified atom stereocenters. The summed E-state index contributed by atoms with van der Waals surface area (Å²) in [7, 11) is 0. The molecule has 0 aliphatic heterocycles. The molecule has 0 N–H and O–H groups in total. The van der Waals surface area contributed by atoms with E-state index in [1.165, 1.54) is 0 Å². The normalized spacial score (nSPS) is 17.5. The maximum Gasteiger partial charge on any atom is 0.0740 e. The van der Waals surface area contributed by atoms with E-state index in [0.717, 1.165) is 11.3 Å². The van der Waals surface area contributed by atoms with Crippen molar-refractivity contribution < 1.29 is 6.85 Å². The minimum Gasteiger partial charge on any atom is -0.144 e. The monoisotopic (exact) mass is 217 g/mol. The topological polar surface area (TPSA) is 0 Å². The van der Waals surface area contributed by atoms with E-state index >= 15 is 0 Å². The lowest BCUT2D eigenvalue weighted by Crippen LogP contribution is -1.61. The van der Waals surface area contributed by atoms with Crippen LogP contribution in [0.2, 0.25) is 0 Å². The fourth-order valence-corrected chi connectivity index (χ4v) is 1.52. The second-order valence-electron chi connectivity index (χ2n) is 1.72. The smallest absolute Gasteiger partial charge is 0.0740 e. The van der Waals surface area contributed by atoms with E-state index < -0.39 is 0 Å². The molecular weight excluding hydrogens is 208 g/mol. The highest BCUT2D eigenvalue weighted by Gasteiger charge is 1.92. The summed E-state index contributed by atoms with van der Waals surface area (Å²) >= 11 is 4.03. The molecule has 0 aliphatic rings. The molecule has 1 heterocycles. The van der Waals surface area contributed by atoms with Crippen molar-refractivity contribution in [3.8, 4) is 0 Å². The molecule has 0 fully saturated rings. The molecular formula is C8H5BrS. The van der Waals surface area contributed by atoms with E-state index in [1.54, 1.807) is 0 Å². The summed E-state index contributed by atoms with van der Waals surface area (Å²) in [4.78, 5) is 0. The minimum absolute atomic E-state index is 0.0192. The van der Waals surface area contributed by atoms with Crippen LogP contribution in [0.15, 0.2) is 34.0 Å². The minimum atomic E-state index is -0.0613. The Kier molecular flexibility index (Phi) is 0.698. The number of thiophene rings is 1. The molecule has 0 atom stereocenters. The first-order valence-corrected chi connectivity index (χ1v) is 4.21. The molecule has 2 rings (SSSR count). The number of rotatable bonds is 0. The van der Waals surface area contributed by atoms with Crippen LogP contribution in [0.1, 0.15) is 6.85 Å². The van der Waals surface area contributed by atoms with Crippen LogP contribution in [0.5, 0.6) is 0 Å². The second kappa shape index (κ2) is 2.36. The van der Waals surface area contributed by atoms with E-state index in [2.05, 4.69) is 15.9 Å². The molecule has 1 aromatic heterocycles. The Bertz CT molecular complexity index is 562. The molecule has 2 aromatic rings. The van der Waals surface area contributed by atoms with E-state index in [1.807, 2.05) is 0 Å². The Labute approximate surface area is 78.6 Å². The number of hydrogen-bond acceptors (Lipinski definition) is 1. The SMILES string of the molecule is [2H]c1sc2c([2H])c([2H])c(Br)c([2H])c2c1[2H]. The van der Waals surface area contributed by atoms with Gasteiger partial charge in [0.1, 0.15) is 0 Å². The Morgan fingerprint density at radius 1 is 1.40 bits per heavy atom. The summed E-state index contributed by atoms with van der Waals surface area (Å²) in [6.45, 7) is 0. The maximum absolute atomic E-state index is 7.73. The van der Waals surface area contributed by atoms with E-state index in [4.69, 9.17) is 6.85 Å². The second-order valence-corrected chi connectivity index (χ2v) is 3.33. The fourth-order valence-electron chi connectivity index (χ4n) is 0.664. The zero-order chi connectivity index (χ0) is 11.3. The van der Waals surface area contributed by atoms with Crippen molar-refractivity contribution in [1.29, 1.82) is 0 Å². The first-order valence-electron chi connectivity index (χ1n) is 5.10. The molecule has 0 radical (unpaired) electrons. The van der Waals surface area contributed by atoms with Crippen LogP contribution in [-0.2, 0) is 0 Å². The lowest BCUT2D eigenvalue weighted by molar-refractivity contribution is 1.77. The third kappa shape index (κ3) is 0.976. The van der Waals surface area contributed by atoms with Gasteiger partial charge in [-0.05, 0) is 34.9 Å². The lowest BCUT2D eigenvalue weighted by atomic mass is 10.3. The highest BCUT2D eigenvalue weighted by atomic mass is 79.9. The standard InChI is InChI=1S/C8H5BrS/c9-7-1-2-8-6(5-7)3-4-10-8/h1-5H/i1D,2D,3D,4D,5D. The molecule has 0 saturated carbocycles. The van der Waals surface area contributed by atoms with Crippen molar-refractivity contribution in [1.82, 2.24) is 0 Å². The van der Waals surface area contributed by atoms with Crippen LogP contribution in [0.3, 0.4) is 0 Å². The quantitative estimate of drug-likeness (QED) is 0.632. The Morgan fingerprint density at radius 3 is 3.20 bits per heavy atom. The summed E-state index contributed by atoms with van der Waals surface area (Å²) in [5.74, 6) is 0. The van der Waals surface area contributed by atoms with Gasteiger partial charge in [0.25, 0.3) is 0 Å². The highest BCUT2D eigenvalue weighted by Crippen LogP contribution is 2.23. The van der Waals surface area contributed by atoms with Crippen molar-refractivity contribution in [2.45, 2.75) is 0 Å². The molecule has 10 heavy (non-hydrogen) atoms. The van der Waals surface area contributed by atoms with Crippen molar-refractivity contribution in [3.05, 3.63) is 34.0 Å². The summed E-state index contributed by atoms with van der Waals surface area (Å²) in [5, 5.41) is 0.322. The molecule has 1 aromatic carbocycles. The molecule has 0 nitrogen and oxygen atoms in total. The van der Waals surface area contributed by atoms with Crippen LogP contribution >= 0.6 is 27.3 Å². The van der Waals surface area contributed by atoms with E-state index in [9.17, 15) is 0 Å². The molecule has 50 valence electrons. The van der Waals surface area contributed by atoms with Crippen LogP contribution in [0, 0.1) is 0 Å².